The van der Waals surface area contributed by atoms with Crippen LogP contribution in [0.25, 0.3) is 0 Å². The third-order valence-electron chi connectivity index (χ3n) is 1.74. The molecule has 1 amide bonds. The summed E-state index contributed by atoms with van der Waals surface area (Å²) in [6.45, 7) is 13.1. The van der Waals surface area contributed by atoms with Crippen molar-refractivity contribution in [1.82, 2.24) is 4.90 Å². The van der Waals surface area contributed by atoms with Crippen LogP contribution in [0.15, 0.2) is 0 Å². The molecule has 0 saturated heterocycles. The maximum Gasteiger partial charge on any atom is 0.227 e. The monoisotopic (exact) mass is 170 g/mol. The van der Waals surface area contributed by atoms with Crippen LogP contribution in [0.1, 0.15) is 34.1 Å². The van der Waals surface area contributed by atoms with Crippen molar-refractivity contribution in [3.63, 3.8) is 0 Å². The van der Waals surface area contributed by atoms with E-state index >= 15 is 0 Å². The molecule has 0 fully saturated rings. The van der Waals surface area contributed by atoms with E-state index in [0.29, 0.717) is 0 Å². The molecule has 0 aliphatic carbocycles. The summed E-state index contributed by atoms with van der Waals surface area (Å²) in [5, 5.41) is 0. The molecule has 71 valence electrons. The zero-order chi connectivity index (χ0) is 9.78. The summed E-state index contributed by atoms with van der Waals surface area (Å²) < 4.78 is 0. The summed E-state index contributed by atoms with van der Waals surface area (Å²) in [5.41, 5.74) is -0.259. The normalized spacial score (nSPS) is 11.4. The van der Waals surface area contributed by atoms with Crippen molar-refractivity contribution < 1.29 is 4.79 Å². The Morgan fingerprint density at radius 2 is 1.92 bits per heavy atom. The number of hydrogen-bond acceptors (Lipinski definition) is 1. The fourth-order valence-corrected chi connectivity index (χ4v) is 1.07. The van der Waals surface area contributed by atoms with E-state index in [1.54, 1.807) is 0 Å². The van der Waals surface area contributed by atoms with Crippen molar-refractivity contribution in [3.05, 3.63) is 6.92 Å². The Kier molecular flexibility index (Phi) is 4.29. The van der Waals surface area contributed by atoms with Crippen LogP contribution < -0.4 is 0 Å². The number of hydrogen-bond donors (Lipinski definition) is 0. The molecule has 0 aromatic heterocycles. The first-order valence-electron chi connectivity index (χ1n) is 4.52. The summed E-state index contributed by atoms with van der Waals surface area (Å²) in [6.07, 6.45) is 0.787. The van der Waals surface area contributed by atoms with Crippen LogP contribution in [0.3, 0.4) is 0 Å². The highest BCUT2D eigenvalue weighted by molar-refractivity contribution is 5.81. The Balaban J connectivity index is 4.22. The molecule has 0 rings (SSSR count). The highest BCUT2D eigenvalue weighted by Gasteiger charge is 2.25. The molecule has 0 atom stereocenters. The Bertz CT molecular complexity index is 146. The Hall–Kier alpha value is -0.530. The molecular weight excluding hydrogens is 150 g/mol. The molecule has 1 radical (unpaired) electrons. The van der Waals surface area contributed by atoms with Crippen molar-refractivity contribution in [2.75, 3.05) is 13.1 Å². The summed E-state index contributed by atoms with van der Waals surface area (Å²) in [6, 6.07) is 0. The molecule has 0 spiro atoms. The first-order chi connectivity index (χ1) is 5.43. The molecule has 0 saturated carbocycles. The lowest BCUT2D eigenvalue weighted by Crippen LogP contribution is -2.39. The molecule has 0 aromatic rings. The molecule has 0 N–H and O–H groups in total. The fraction of sp³-hybridized carbons (Fsp3) is 0.800. The molecule has 0 aliphatic rings. The average molecular weight is 170 g/mol. The largest absolute Gasteiger partial charge is 0.343 e. The third kappa shape index (κ3) is 3.24. The van der Waals surface area contributed by atoms with Gasteiger partial charge in [0.05, 0.1) is 0 Å². The molecule has 0 bridgehead atoms. The first-order valence-corrected chi connectivity index (χ1v) is 4.52. The van der Waals surface area contributed by atoms with Crippen molar-refractivity contribution >= 4 is 5.91 Å². The maximum absolute atomic E-state index is 11.7. The highest BCUT2D eigenvalue weighted by Crippen LogP contribution is 2.17. The summed E-state index contributed by atoms with van der Waals surface area (Å²) in [5.74, 6) is 0.216. The number of carbonyl (C=O) groups excluding carboxylic acids is 1. The molecule has 0 heterocycles. The van der Waals surface area contributed by atoms with Gasteiger partial charge in [-0.25, -0.2) is 0 Å². The molecule has 0 aliphatic heterocycles. The van der Waals surface area contributed by atoms with Crippen LogP contribution in [0.5, 0.6) is 0 Å². The molecule has 2 nitrogen and oxygen atoms in total. The zero-order valence-corrected chi connectivity index (χ0v) is 8.68. The topological polar surface area (TPSA) is 20.3 Å². The third-order valence-corrected chi connectivity index (χ3v) is 1.74. The van der Waals surface area contributed by atoms with E-state index in [9.17, 15) is 4.79 Å². The maximum atomic E-state index is 11.7. The van der Waals surface area contributed by atoms with Gasteiger partial charge in [-0.15, -0.1) is 0 Å². The second-order valence-electron chi connectivity index (χ2n) is 3.99. The zero-order valence-electron chi connectivity index (χ0n) is 8.68. The van der Waals surface area contributed by atoms with Crippen molar-refractivity contribution in [1.29, 1.82) is 0 Å². The number of carbonyl (C=O) groups is 1. The second kappa shape index (κ2) is 4.48. The van der Waals surface area contributed by atoms with Gasteiger partial charge in [-0.05, 0) is 13.3 Å². The van der Waals surface area contributed by atoms with Crippen LogP contribution in [-0.4, -0.2) is 23.9 Å². The van der Waals surface area contributed by atoms with Gasteiger partial charge in [0.25, 0.3) is 0 Å². The van der Waals surface area contributed by atoms with Crippen molar-refractivity contribution in [3.8, 4) is 0 Å². The fourth-order valence-electron chi connectivity index (χ4n) is 1.07. The lowest BCUT2D eigenvalue weighted by molar-refractivity contribution is -0.139. The molecule has 2 heteroatoms. The standard InChI is InChI=1S/C10H20NO/c1-6-8-11(7-2)9(12)10(3,4)5/h1,6-8H2,2-5H3. The van der Waals surface area contributed by atoms with Gasteiger partial charge < -0.3 is 4.90 Å². The van der Waals surface area contributed by atoms with Crippen LogP contribution in [-0.2, 0) is 4.79 Å². The van der Waals surface area contributed by atoms with Crippen LogP contribution in [0, 0.1) is 12.3 Å². The van der Waals surface area contributed by atoms with Gasteiger partial charge in [0.1, 0.15) is 0 Å². The predicted octanol–water partition coefficient (Wildman–Crippen LogP) is 2.11. The van der Waals surface area contributed by atoms with E-state index in [1.165, 1.54) is 0 Å². The van der Waals surface area contributed by atoms with Gasteiger partial charge in [0, 0.05) is 18.5 Å². The Morgan fingerprint density at radius 3 is 2.17 bits per heavy atom. The van der Waals surface area contributed by atoms with Gasteiger partial charge >= 0.3 is 0 Å². The Morgan fingerprint density at radius 1 is 1.42 bits per heavy atom. The summed E-state index contributed by atoms with van der Waals surface area (Å²) >= 11 is 0. The van der Waals surface area contributed by atoms with E-state index in [4.69, 9.17) is 0 Å². The Labute approximate surface area is 75.9 Å². The van der Waals surface area contributed by atoms with Gasteiger partial charge in [0.15, 0.2) is 0 Å². The van der Waals surface area contributed by atoms with E-state index in [0.717, 1.165) is 19.5 Å². The quantitative estimate of drug-likeness (QED) is 0.635. The molecule has 0 aromatic carbocycles. The molecule has 12 heavy (non-hydrogen) atoms. The minimum Gasteiger partial charge on any atom is -0.343 e. The average Bonchev–Trinajstić information content (AvgIpc) is 1.97. The van der Waals surface area contributed by atoms with Crippen LogP contribution in [0.4, 0.5) is 0 Å². The SMILES string of the molecule is [CH2]CCN(CC)C(=O)C(C)(C)C. The minimum atomic E-state index is -0.259. The van der Waals surface area contributed by atoms with E-state index < -0.39 is 0 Å². The van der Waals surface area contributed by atoms with Gasteiger partial charge in [-0.1, -0.05) is 27.7 Å². The van der Waals surface area contributed by atoms with Gasteiger partial charge in [0.2, 0.25) is 5.91 Å². The second-order valence-corrected chi connectivity index (χ2v) is 3.99. The van der Waals surface area contributed by atoms with E-state index in [1.807, 2.05) is 32.6 Å². The summed E-state index contributed by atoms with van der Waals surface area (Å²) in [4.78, 5) is 13.5. The van der Waals surface area contributed by atoms with E-state index in [-0.39, 0.29) is 11.3 Å². The molecular formula is C10H20NO. The lowest BCUT2D eigenvalue weighted by Gasteiger charge is -2.28. The van der Waals surface area contributed by atoms with Crippen molar-refractivity contribution in [2.45, 2.75) is 34.1 Å². The summed E-state index contributed by atoms with van der Waals surface area (Å²) in [7, 11) is 0. The molecule has 0 unspecified atom stereocenters. The van der Waals surface area contributed by atoms with Crippen LogP contribution in [0.2, 0.25) is 0 Å². The van der Waals surface area contributed by atoms with E-state index in [2.05, 4.69) is 6.92 Å². The predicted molar refractivity (Wildman–Crippen MR) is 51.7 cm³/mol. The van der Waals surface area contributed by atoms with Gasteiger partial charge in [-0.2, -0.15) is 0 Å². The first kappa shape index (κ1) is 11.5. The van der Waals surface area contributed by atoms with Gasteiger partial charge in [-0.3, -0.25) is 4.79 Å². The minimum absolute atomic E-state index is 0.216. The number of rotatable bonds is 3. The number of nitrogens with zero attached hydrogens (tertiary/aromatic N) is 1. The highest BCUT2D eigenvalue weighted by atomic mass is 16.2. The lowest BCUT2D eigenvalue weighted by atomic mass is 9.94. The van der Waals surface area contributed by atoms with Crippen molar-refractivity contribution in [2.24, 2.45) is 5.41 Å². The number of amides is 1. The smallest absolute Gasteiger partial charge is 0.227 e. The van der Waals surface area contributed by atoms with Crippen LogP contribution >= 0.6 is 0 Å².